The van der Waals surface area contributed by atoms with Crippen LogP contribution in [0.3, 0.4) is 0 Å². The predicted octanol–water partition coefficient (Wildman–Crippen LogP) is 3.52. The normalized spacial score (nSPS) is 15.8. The van der Waals surface area contributed by atoms with Gasteiger partial charge in [-0.25, -0.2) is 8.78 Å². The summed E-state index contributed by atoms with van der Waals surface area (Å²) in [5.74, 6) is -0.396. The van der Waals surface area contributed by atoms with E-state index >= 15 is 0 Å². The first kappa shape index (κ1) is 21.4. The van der Waals surface area contributed by atoms with E-state index in [2.05, 4.69) is 9.80 Å². The van der Waals surface area contributed by atoms with Crippen LogP contribution in [0.1, 0.15) is 24.5 Å². The van der Waals surface area contributed by atoms with Gasteiger partial charge in [-0.3, -0.25) is 14.6 Å². The van der Waals surface area contributed by atoms with Crippen LogP contribution in [0.25, 0.3) is 0 Å². The monoisotopic (exact) mass is 401 g/mol. The molecule has 0 unspecified atom stereocenters. The quantitative estimate of drug-likeness (QED) is 0.710. The first-order chi connectivity index (χ1) is 14.0. The highest BCUT2D eigenvalue weighted by molar-refractivity contribution is 5.78. The molecule has 0 spiro atoms. The third-order valence-corrected chi connectivity index (χ3v) is 5.39. The lowest BCUT2D eigenvalue weighted by Crippen LogP contribution is -2.41. The number of nitrogens with zero attached hydrogens (tertiary/aromatic N) is 3. The highest BCUT2D eigenvalue weighted by atomic mass is 19.1. The topological polar surface area (TPSA) is 26.8 Å². The highest BCUT2D eigenvalue weighted by Gasteiger charge is 2.20. The molecule has 2 aromatic carbocycles. The summed E-state index contributed by atoms with van der Waals surface area (Å²) in [7, 11) is 0. The molecule has 1 amide bonds. The van der Waals surface area contributed by atoms with Crippen LogP contribution in [-0.2, 0) is 17.9 Å². The zero-order chi connectivity index (χ0) is 20.6. The summed E-state index contributed by atoms with van der Waals surface area (Å²) in [5.41, 5.74) is 1.51. The molecule has 29 heavy (non-hydrogen) atoms. The molecule has 4 nitrogen and oxygen atoms in total. The zero-order valence-corrected chi connectivity index (χ0v) is 17.0. The van der Waals surface area contributed by atoms with E-state index in [1.807, 2.05) is 25.1 Å². The van der Waals surface area contributed by atoms with Gasteiger partial charge in [0.25, 0.3) is 0 Å². The fourth-order valence-electron chi connectivity index (χ4n) is 3.73. The van der Waals surface area contributed by atoms with Crippen LogP contribution in [0.2, 0.25) is 0 Å². The molecule has 0 aromatic heterocycles. The maximum Gasteiger partial charge on any atom is 0.237 e. The van der Waals surface area contributed by atoms with Crippen LogP contribution >= 0.6 is 0 Å². The number of carbonyl (C=O) groups is 1. The summed E-state index contributed by atoms with van der Waals surface area (Å²) in [6, 6.07) is 13.3. The van der Waals surface area contributed by atoms with Crippen LogP contribution in [0, 0.1) is 11.6 Å². The second-order valence-corrected chi connectivity index (χ2v) is 7.54. The molecule has 0 atom stereocenters. The van der Waals surface area contributed by atoms with Gasteiger partial charge in [0, 0.05) is 38.3 Å². The minimum absolute atomic E-state index is 0.0549. The van der Waals surface area contributed by atoms with Gasteiger partial charge in [0.15, 0.2) is 0 Å². The molecule has 0 bridgehead atoms. The van der Waals surface area contributed by atoms with Crippen molar-refractivity contribution in [3.05, 3.63) is 71.3 Å². The number of halogens is 2. The standard InChI is InChI=1S/C23H29F2N3O/c1-2-28(16-19-7-5-9-21(24)15-19)23(29)18-27-12-6-11-26(13-14-27)17-20-8-3-4-10-22(20)25/h3-5,7-10,15H,2,6,11-14,16-18H2,1H3. The van der Waals surface area contributed by atoms with Gasteiger partial charge in [0.05, 0.1) is 6.54 Å². The van der Waals surface area contributed by atoms with E-state index in [9.17, 15) is 13.6 Å². The zero-order valence-electron chi connectivity index (χ0n) is 17.0. The van der Waals surface area contributed by atoms with Crippen LogP contribution in [0.15, 0.2) is 48.5 Å². The largest absolute Gasteiger partial charge is 0.338 e. The van der Waals surface area contributed by atoms with Gasteiger partial charge in [-0.1, -0.05) is 30.3 Å². The van der Waals surface area contributed by atoms with Crippen molar-refractivity contribution >= 4 is 5.91 Å². The molecule has 1 aliphatic heterocycles. The number of amides is 1. The van der Waals surface area contributed by atoms with E-state index in [0.29, 0.717) is 31.7 Å². The van der Waals surface area contributed by atoms with Crippen molar-refractivity contribution in [1.82, 2.24) is 14.7 Å². The average Bonchev–Trinajstić information content (AvgIpc) is 2.93. The second-order valence-electron chi connectivity index (χ2n) is 7.54. The molecular weight excluding hydrogens is 372 g/mol. The fraction of sp³-hybridized carbons (Fsp3) is 0.435. The Morgan fingerprint density at radius 3 is 2.52 bits per heavy atom. The third kappa shape index (κ3) is 6.34. The van der Waals surface area contributed by atoms with E-state index in [4.69, 9.17) is 0 Å². The van der Waals surface area contributed by atoms with Crippen LogP contribution in [-0.4, -0.2) is 59.9 Å². The minimum Gasteiger partial charge on any atom is -0.338 e. The van der Waals surface area contributed by atoms with Crippen molar-refractivity contribution in [3.8, 4) is 0 Å². The van der Waals surface area contributed by atoms with Crippen molar-refractivity contribution in [2.75, 3.05) is 39.3 Å². The Balaban J connectivity index is 1.52. The molecular formula is C23H29F2N3O. The summed E-state index contributed by atoms with van der Waals surface area (Å²) >= 11 is 0. The van der Waals surface area contributed by atoms with E-state index in [1.165, 1.54) is 18.2 Å². The molecule has 2 aromatic rings. The molecule has 1 saturated heterocycles. The van der Waals surface area contributed by atoms with E-state index in [1.54, 1.807) is 17.0 Å². The smallest absolute Gasteiger partial charge is 0.237 e. The SMILES string of the molecule is CCN(Cc1cccc(F)c1)C(=O)CN1CCCN(Cc2ccccc2F)CC1. The third-order valence-electron chi connectivity index (χ3n) is 5.39. The van der Waals surface area contributed by atoms with Crippen molar-refractivity contribution in [2.45, 2.75) is 26.4 Å². The van der Waals surface area contributed by atoms with Gasteiger partial charge in [0.1, 0.15) is 11.6 Å². The van der Waals surface area contributed by atoms with Crippen LogP contribution in [0.4, 0.5) is 8.78 Å². The first-order valence-corrected chi connectivity index (χ1v) is 10.3. The van der Waals surface area contributed by atoms with Gasteiger partial charge in [-0.05, 0) is 50.2 Å². The van der Waals surface area contributed by atoms with E-state index in [-0.39, 0.29) is 17.5 Å². The lowest BCUT2D eigenvalue weighted by molar-refractivity contribution is -0.132. The van der Waals surface area contributed by atoms with Crippen LogP contribution < -0.4 is 0 Å². The van der Waals surface area contributed by atoms with Crippen molar-refractivity contribution in [3.63, 3.8) is 0 Å². The highest BCUT2D eigenvalue weighted by Crippen LogP contribution is 2.13. The maximum atomic E-state index is 13.9. The van der Waals surface area contributed by atoms with Gasteiger partial charge in [-0.2, -0.15) is 0 Å². The molecule has 1 fully saturated rings. The van der Waals surface area contributed by atoms with Gasteiger partial charge >= 0.3 is 0 Å². The minimum atomic E-state index is -0.284. The number of rotatable bonds is 7. The lowest BCUT2D eigenvalue weighted by atomic mass is 10.2. The Morgan fingerprint density at radius 2 is 1.76 bits per heavy atom. The molecule has 1 heterocycles. The molecule has 0 aliphatic carbocycles. The number of likely N-dealkylation sites (N-methyl/N-ethyl adjacent to an activating group) is 1. The predicted molar refractivity (Wildman–Crippen MR) is 110 cm³/mol. The fourth-order valence-corrected chi connectivity index (χ4v) is 3.73. The molecule has 156 valence electrons. The maximum absolute atomic E-state index is 13.9. The Labute approximate surface area is 171 Å². The van der Waals surface area contributed by atoms with Crippen molar-refractivity contribution < 1.29 is 13.6 Å². The molecule has 1 aliphatic rings. The number of carbonyl (C=O) groups excluding carboxylic acids is 1. The Hall–Kier alpha value is -2.31. The Bertz CT molecular complexity index is 814. The summed E-state index contributed by atoms with van der Waals surface area (Å²) < 4.78 is 27.3. The molecule has 0 radical (unpaired) electrons. The Kier molecular flexibility index (Phi) is 7.72. The molecule has 0 N–H and O–H groups in total. The van der Waals surface area contributed by atoms with Gasteiger partial charge < -0.3 is 4.90 Å². The van der Waals surface area contributed by atoms with E-state index in [0.717, 1.165) is 38.2 Å². The number of hydrogen-bond acceptors (Lipinski definition) is 3. The first-order valence-electron chi connectivity index (χ1n) is 10.3. The second kappa shape index (κ2) is 10.5. The molecule has 3 rings (SSSR count). The number of benzene rings is 2. The summed E-state index contributed by atoms with van der Waals surface area (Å²) in [4.78, 5) is 19.0. The van der Waals surface area contributed by atoms with Crippen molar-refractivity contribution in [2.24, 2.45) is 0 Å². The molecule has 6 heteroatoms. The average molecular weight is 402 g/mol. The van der Waals surface area contributed by atoms with Crippen LogP contribution in [0.5, 0.6) is 0 Å². The Morgan fingerprint density at radius 1 is 1.00 bits per heavy atom. The van der Waals surface area contributed by atoms with Crippen molar-refractivity contribution in [1.29, 1.82) is 0 Å². The van der Waals surface area contributed by atoms with Gasteiger partial charge in [0.2, 0.25) is 5.91 Å². The number of hydrogen-bond donors (Lipinski definition) is 0. The molecule has 0 saturated carbocycles. The van der Waals surface area contributed by atoms with E-state index < -0.39 is 0 Å². The van der Waals surface area contributed by atoms with Gasteiger partial charge in [-0.15, -0.1) is 0 Å². The summed E-state index contributed by atoms with van der Waals surface area (Å²) in [6.07, 6.45) is 0.942. The summed E-state index contributed by atoms with van der Waals surface area (Å²) in [5, 5.41) is 0. The lowest BCUT2D eigenvalue weighted by Gasteiger charge is -2.26. The summed E-state index contributed by atoms with van der Waals surface area (Å²) in [6.45, 7) is 7.21.